The Morgan fingerprint density at radius 1 is 1.78 bits per heavy atom. The minimum Gasteiger partial charge on any atom is -0.238 e. The Morgan fingerprint density at radius 2 is 2.67 bits per heavy atom. The largest absolute Gasteiger partial charge is 0.238 e. The van der Waals surface area contributed by atoms with Gasteiger partial charge in [0.15, 0.2) is 0 Å². The zero-order chi connectivity index (χ0) is 6.53. The summed E-state index contributed by atoms with van der Waals surface area (Å²) in [5, 5.41) is 1.96. The van der Waals surface area contributed by atoms with Crippen molar-refractivity contribution in [2.75, 3.05) is 0 Å². The molecule has 47 valence electrons. The number of hydrogen-bond acceptors (Lipinski definition) is 3. The second-order valence-electron chi connectivity index (χ2n) is 1.29. The van der Waals surface area contributed by atoms with Crippen LogP contribution in [0.15, 0.2) is 28.6 Å². The predicted octanol–water partition coefficient (Wildman–Crippen LogP) is 2.58. The van der Waals surface area contributed by atoms with E-state index in [-0.39, 0.29) is 0 Å². The van der Waals surface area contributed by atoms with Crippen LogP contribution in [0.4, 0.5) is 0 Å². The van der Waals surface area contributed by atoms with Crippen LogP contribution in [0.2, 0.25) is 0 Å². The van der Waals surface area contributed by atoms with Gasteiger partial charge in [0.2, 0.25) is 0 Å². The molecule has 0 aliphatic heterocycles. The minimum absolute atomic E-state index is 1.06. The van der Waals surface area contributed by atoms with E-state index in [1.807, 2.05) is 11.1 Å². The molecule has 0 unspecified atom stereocenters. The quantitative estimate of drug-likeness (QED) is 0.624. The molecule has 0 spiro atoms. The average Bonchev–Trinajstić information content (AvgIpc) is 2.34. The van der Waals surface area contributed by atoms with Crippen LogP contribution in [0.5, 0.6) is 0 Å². The van der Waals surface area contributed by atoms with Gasteiger partial charge in [-0.1, -0.05) is 17.8 Å². The van der Waals surface area contributed by atoms with Crippen molar-refractivity contribution in [1.29, 1.82) is 0 Å². The molecule has 0 amide bonds. The number of rotatable bonds is 3. The van der Waals surface area contributed by atoms with E-state index >= 15 is 0 Å². The van der Waals surface area contributed by atoms with E-state index < -0.39 is 0 Å². The van der Waals surface area contributed by atoms with Gasteiger partial charge in [-0.05, 0) is 0 Å². The summed E-state index contributed by atoms with van der Waals surface area (Å²) in [7, 11) is 0. The number of nitrogens with zero attached hydrogens (tertiary/aromatic N) is 1. The third-order valence-electron chi connectivity index (χ3n) is 0.675. The highest BCUT2D eigenvalue weighted by Gasteiger charge is 1.91. The van der Waals surface area contributed by atoms with Crippen molar-refractivity contribution in [3.63, 3.8) is 0 Å². The van der Waals surface area contributed by atoms with Gasteiger partial charge in [-0.15, -0.1) is 17.9 Å². The lowest BCUT2D eigenvalue weighted by Crippen LogP contribution is -1.61. The molecule has 1 aromatic heterocycles. The van der Waals surface area contributed by atoms with Gasteiger partial charge in [0.05, 0.1) is 0 Å². The maximum Gasteiger partial charge on any atom is 0.150 e. The van der Waals surface area contributed by atoms with Crippen molar-refractivity contribution < 1.29 is 0 Å². The Bertz CT molecular complexity index is 169. The Labute approximate surface area is 62.8 Å². The molecule has 0 bridgehead atoms. The van der Waals surface area contributed by atoms with E-state index in [9.17, 15) is 0 Å². The van der Waals surface area contributed by atoms with Gasteiger partial charge in [-0.2, -0.15) is 0 Å². The second kappa shape index (κ2) is 3.69. The molecule has 0 fully saturated rings. The van der Waals surface area contributed by atoms with Crippen LogP contribution in [0.25, 0.3) is 0 Å². The minimum atomic E-state index is 1.06. The first kappa shape index (κ1) is 6.83. The molecule has 1 nitrogen and oxygen atoms in total. The Hall–Kier alpha value is -0.280. The molecule has 0 saturated heterocycles. The Morgan fingerprint density at radius 3 is 3.22 bits per heavy atom. The van der Waals surface area contributed by atoms with Crippen molar-refractivity contribution in [2.45, 2.75) is 4.34 Å². The third kappa shape index (κ3) is 2.20. The molecule has 0 aromatic carbocycles. The smallest absolute Gasteiger partial charge is 0.150 e. The van der Waals surface area contributed by atoms with Crippen LogP contribution in [0.1, 0.15) is 0 Å². The lowest BCUT2D eigenvalue weighted by molar-refractivity contribution is 1.26. The van der Waals surface area contributed by atoms with Crippen molar-refractivity contribution in [2.24, 2.45) is 0 Å². The first-order chi connectivity index (χ1) is 4.43. The molecule has 1 aromatic rings. The first-order valence-corrected chi connectivity index (χ1v) is 4.20. The Balaban J connectivity index is 2.38. The van der Waals surface area contributed by atoms with E-state index in [1.54, 1.807) is 35.4 Å². The van der Waals surface area contributed by atoms with Gasteiger partial charge in [-0.3, -0.25) is 0 Å². The fourth-order valence-electron chi connectivity index (χ4n) is 0.375. The highest BCUT2D eigenvalue weighted by molar-refractivity contribution is 8.03. The van der Waals surface area contributed by atoms with Crippen LogP contribution >= 0.6 is 23.1 Å². The summed E-state index contributed by atoms with van der Waals surface area (Å²) in [6.45, 7) is 3.56. The monoisotopic (exact) mass is 156 g/mol. The van der Waals surface area contributed by atoms with Gasteiger partial charge in [-0.25, -0.2) is 4.98 Å². The first-order valence-electron chi connectivity index (χ1n) is 2.44. The Kier molecular flexibility index (Phi) is 2.80. The second-order valence-corrected chi connectivity index (χ2v) is 3.34. The summed E-state index contributed by atoms with van der Waals surface area (Å²) in [4.78, 5) is 4.06. The molecule has 3 heteroatoms. The van der Waals surface area contributed by atoms with Crippen LogP contribution in [-0.2, 0) is 0 Å². The molecular formula is C6H6NS2. The molecule has 0 aliphatic carbocycles. The molecule has 0 N–H and O–H groups in total. The van der Waals surface area contributed by atoms with Crippen LogP contribution < -0.4 is 0 Å². The van der Waals surface area contributed by atoms with E-state index in [2.05, 4.69) is 11.6 Å². The molecule has 1 radical (unpaired) electrons. The van der Waals surface area contributed by atoms with Gasteiger partial charge < -0.3 is 0 Å². The van der Waals surface area contributed by atoms with Crippen LogP contribution in [0.3, 0.4) is 0 Å². The number of aromatic nitrogens is 1. The zero-order valence-electron chi connectivity index (χ0n) is 4.78. The highest BCUT2D eigenvalue weighted by Crippen LogP contribution is 2.22. The molecular weight excluding hydrogens is 150 g/mol. The van der Waals surface area contributed by atoms with Crippen LogP contribution in [0, 0.1) is 5.75 Å². The molecule has 0 saturated carbocycles. The topological polar surface area (TPSA) is 12.9 Å². The summed E-state index contributed by atoms with van der Waals surface area (Å²) >= 11 is 3.23. The summed E-state index contributed by atoms with van der Waals surface area (Å²) in [6.07, 6.45) is 3.55. The van der Waals surface area contributed by atoms with E-state index in [1.165, 1.54) is 0 Å². The summed E-state index contributed by atoms with van der Waals surface area (Å²) in [6, 6.07) is 0. The number of thiazole rings is 1. The van der Waals surface area contributed by atoms with E-state index in [4.69, 9.17) is 0 Å². The van der Waals surface area contributed by atoms with Crippen LogP contribution in [-0.4, -0.2) is 4.98 Å². The molecule has 0 aliphatic rings. The van der Waals surface area contributed by atoms with Crippen molar-refractivity contribution in [3.05, 3.63) is 30.0 Å². The molecule has 1 heterocycles. The maximum absolute atomic E-state index is 4.06. The van der Waals surface area contributed by atoms with Gasteiger partial charge in [0, 0.05) is 17.3 Å². The molecule has 1 rings (SSSR count). The number of thioether (sulfide) groups is 1. The SMILES string of the molecule is C=C[CH]Sc1nccs1. The normalized spacial score (nSPS) is 9.33. The summed E-state index contributed by atoms with van der Waals surface area (Å²) in [5.74, 6) is 1.92. The lowest BCUT2D eigenvalue weighted by atomic mass is 10.8. The standard InChI is InChI=1S/C6H6NS2/c1-2-4-8-6-7-3-5-9-6/h2-5H,1H2. The third-order valence-corrected chi connectivity index (χ3v) is 2.45. The average molecular weight is 156 g/mol. The fourth-order valence-corrected chi connectivity index (χ4v) is 1.62. The zero-order valence-corrected chi connectivity index (χ0v) is 6.41. The van der Waals surface area contributed by atoms with Crippen molar-refractivity contribution in [3.8, 4) is 0 Å². The van der Waals surface area contributed by atoms with E-state index in [0.29, 0.717) is 0 Å². The molecule has 9 heavy (non-hydrogen) atoms. The van der Waals surface area contributed by atoms with Gasteiger partial charge >= 0.3 is 0 Å². The predicted molar refractivity (Wildman–Crippen MR) is 42.5 cm³/mol. The van der Waals surface area contributed by atoms with Gasteiger partial charge in [0.1, 0.15) is 4.34 Å². The number of hydrogen-bond donors (Lipinski definition) is 0. The van der Waals surface area contributed by atoms with Crippen molar-refractivity contribution in [1.82, 2.24) is 4.98 Å². The summed E-state index contributed by atoms with van der Waals surface area (Å²) in [5.41, 5.74) is 0. The van der Waals surface area contributed by atoms with Gasteiger partial charge in [0.25, 0.3) is 0 Å². The fraction of sp³-hybridized carbons (Fsp3) is 0. The van der Waals surface area contributed by atoms with Crippen molar-refractivity contribution >= 4 is 23.1 Å². The lowest BCUT2D eigenvalue weighted by Gasteiger charge is -1.85. The molecule has 0 atom stereocenters. The summed E-state index contributed by atoms with van der Waals surface area (Å²) < 4.78 is 1.06. The van der Waals surface area contributed by atoms with E-state index in [0.717, 1.165) is 4.34 Å². The maximum atomic E-state index is 4.06. The highest BCUT2D eigenvalue weighted by atomic mass is 32.2.